The van der Waals surface area contributed by atoms with Crippen molar-refractivity contribution in [2.24, 2.45) is 0 Å². The number of carbonyl (C=O) groups is 1. The van der Waals surface area contributed by atoms with E-state index in [-0.39, 0.29) is 18.1 Å². The Hall–Kier alpha value is -1.40. The van der Waals surface area contributed by atoms with Gasteiger partial charge in [0.1, 0.15) is 6.61 Å². The number of hydrogen-bond donors (Lipinski definition) is 3. The van der Waals surface area contributed by atoms with Gasteiger partial charge in [-0.1, -0.05) is 0 Å². The standard InChI is InChI=1S/C9H14N4O2/c1-9(5-10-6-9)15-4-8(14)13-7-2-11-12-3-7/h2-3,10H,4-6H2,1H3,(H,11,12)(H,13,14). The fraction of sp³-hybridized carbons (Fsp3) is 0.556. The lowest BCUT2D eigenvalue weighted by molar-refractivity contribution is -0.130. The summed E-state index contributed by atoms with van der Waals surface area (Å²) in [7, 11) is 0. The third kappa shape index (κ3) is 2.54. The number of rotatable bonds is 4. The number of aromatic nitrogens is 2. The summed E-state index contributed by atoms with van der Waals surface area (Å²) in [6.45, 7) is 3.65. The number of H-pyrrole nitrogens is 1. The van der Waals surface area contributed by atoms with Crippen LogP contribution in [0.15, 0.2) is 12.4 Å². The fourth-order valence-electron chi connectivity index (χ4n) is 1.34. The quantitative estimate of drug-likeness (QED) is 0.639. The topological polar surface area (TPSA) is 79.0 Å². The Labute approximate surface area is 87.4 Å². The van der Waals surface area contributed by atoms with E-state index in [1.165, 1.54) is 0 Å². The van der Waals surface area contributed by atoms with Gasteiger partial charge in [0.25, 0.3) is 0 Å². The summed E-state index contributed by atoms with van der Waals surface area (Å²) < 4.78 is 5.47. The van der Waals surface area contributed by atoms with E-state index in [2.05, 4.69) is 20.8 Å². The number of aromatic amines is 1. The molecule has 6 nitrogen and oxygen atoms in total. The van der Waals surface area contributed by atoms with E-state index < -0.39 is 0 Å². The molecule has 1 amide bonds. The van der Waals surface area contributed by atoms with Crippen LogP contribution in [0.2, 0.25) is 0 Å². The Balaban J connectivity index is 1.73. The monoisotopic (exact) mass is 210 g/mol. The van der Waals surface area contributed by atoms with Crippen LogP contribution < -0.4 is 10.6 Å². The minimum absolute atomic E-state index is 0.0728. The van der Waals surface area contributed by atoms with Crippen molar-refractivity contribution in [3.05, 3.63) is 12.4 Å². The molecule has 0 unspecified atom stereocenters. The molecule has 15 heavy (non-hydrogen) atoms. The molecule has 0 radical (unpaired) electrons. The van der Waals surface area contributed by atoms with Gasteiger partial charge < -0.3 is 15.4 Å². The van der Waals surface area contributed by atoms with Crippen molar-refractivity contribution in [1.82, 2.24) is 15.5 Å². The van der Waals surface area contributed by atoms with E-state index in [0.717, 1.165) is 13.1 Å². The first kappa shape index (κ1) is 10.1. The van der Waals surface area contributed by atoms with Crippen LogP contribution in [0, 0.1) is 0 Å². The molecule has 0 saturated carbocycles. The summed E-state index contributed by atoms with van der Waals surface area (Å²) in [5, 5.41) is 12.1. The number of hydrogen-bond acceptors (Lipinski definition) is 4. The third-order valence-electron chi connectivity index (χ3n) is 2.33. The summed E-state index contributed by atoms with van der Waals surface area (Å²) >= 11 is 0. The Bertz CT molecular complexity index is 332. The molecule has 0 bridgehead atoms. The molecule has 82 valence electrons. The Morgan fingerprint density at radius 2 is 2.53 bits per heavy atom. The average molecular weight is 210 g/mol. The average Bonchev–Trinajstić information content (AvgIpc) is 2.64. The summed E-state index contributed by atoms with van der Waals surface area (Å²) in [5.74, 6) is -0.162. The number of anilines is 1. The second kappa shape index (κ2) is 4.00. The minimum atomic E-state index is -0.187. The predicted octanol–water partition coefficient (Wildman–Crippen LogP) is -0.273. The predicted molar refractivity (Wildman–Crippen MR) is 54.4 cm³/mol. The SMILES string of the molecule is CC1(OCC(=O)Nc2cn[nH]c2)CNC1. The van der Waals surface area contributed by atoms with Crippen LogP contribution in [0.3, 0.4) is 0 Å². The maximum absolute atomic E-state index is 11.4. The second-order valence-corrected chi connectivity index (χ2v) is 3.88. The molecule has 0 atom stereocenters. The van der Waals surface area contributed by atoms with E-state index in [1.807, 2.05) is 6.92 Å². The van der Waals surface area contributed by atoms with Crippen molar-refractivity contribution in [3.63, 3.8) is 0 Å². The number of ether oxygens (including phenoxy) is 1. The Morgan fingerprint density at radius 3 is 3.07 bits per heavy atom. The van der Waals surface area contributed by atoms with Gasteiger partial charge in [0, 0.05) is 19.3 Å². The van der Waals surface area contributed by atoms with Gasteiger partial charge in [-0.25, -0.2) is 0 Å². The molecule has 1 aliphatic heterocycles. The van der Waals surface area contributed by atoms with Crippen LogP contribution in [0.4, 0.5) is 5.69 Å². The van der Waals surface area contributed by atoms with Gasteiger partial charge in [0.15, 0.2) is 0 Å². The van der Waals surface area contributed by atoms with Gasteiger partial charge in [-0.3, -0.25) is 9.89 Å². The molecule has 1 aromatic rings. The van der Waals surface area contributed by atoms with Crippen molar-refractivity contribution < 1.29 is 9.53 Å². The van der Waals surface area contributed by atoms with Crippen molar-refractivity contribution in [3.8, 4) is 0 Å². The molecular formula is C9H14N4O2. The molecule has 2 heterocycles. The summed E-state index contributed by atoms with van der Waals surface area (Å²) in [5.41, 5.74) is 0.466. The van der Waals surface area contributed by atoms with E-state index >= 15 is 0 Å². The maximum Gasteiger partial charge on any atom is 0.250 e. The van der Waals surface area contributed by atoms with Crippen molar-refractivity contribution >= 4 is 11.6 Å². The molecule has 1 fully saturated rings. The van der Waals surface area contributed by atoms with E-state index in [0.29, 0.717) is 5.69 Å². The smallest absolute Gasteiger partial charge is 0.250 e. The van der Waals surface area contributed by atoms with Crippen LogP contribution in [-0.2, 0) is 9.53 Å². The largest absolute Gasteiger partial charge is 0.363 e. The molecule has 3 N–H and O–H groups in total. The molecule has 0 aromatic carbocycles. The maximum atomic E-state index is 11.4. The summed E-state index contributed by atoms with van der Waals surface area (Å²) in [6.07, 6.45) is 3.16. The highest BCUT2D eigenvalue weighted by Crippen LogP contribution is 2.14. The molecule has 1 saturated heterocycles. The highest BCUT2D eigenvalue weighted by Gasteiger charge is 2.32. The molecule has 6 heteroatoms. The van der Waals surface area contributed by atoms with Gasteiger partial charge in [-0.2, -0.15) is 5.10 Å². The van der Waals surface area contributed by atoms with Crippen molar-refractivity contribution in [1.29, 1.82) is 0 Å². The number of nitrogens with one attached hydrogen (secondary N) is 3. The first-order valence-corrected chi connectivity index (χ1v) is 4.81. The second-order valence-electron chi connectivity index (χ2n) is 3.88. The number of nitrogens with zero attached hydrogens (tertiary/aromatic N) is 1. The molecule has 1 aliphatic rings. The molecule has 2 rings (SSSR count). The molecule has 0 aliphatic carbocycles. The van der Waals surface area contributed by atoms with E-state index in [4.69, 9.17) is 4.74 Å². The van der Waals surface area contributed by atoms with Crippen LogP contribution in [0.1, 0.15) is 6.92 Å². The third-order valence-corrected chi connectivity index (χ3v) is 2.33. The van der Waals surface area contributed by atoms with E-state index in [9.17, 15) is 4.79 Å². The van der Waals surface area contributed by atoms with Crippen LogP contribution in [-0.4, -0.2) is 41.4 Å². The number of amides is 1. The lowest BCUT2D eigenvalue weighted by Gasteiger charge is -2.38. The minimum Gasteiger partial charge on any atom is -0.363 e. The molecule has 0 spiro atoms. The number of carbonyl (C=O) groups excluding carboxylic acids is 1. The van der Waals surface area contributed by atoms with Crippen molar-refractivity contribution in [2.75, 3.05) is 25.0 Å². The zero-order valence-corrected chi connectivity index (χ0v) is 8.54. The molecular weight excluding hydrogens is 196 g/mol. The van der Waals surface area contributed by atoms with Crippen LogP contribution in [0.5, 0.6) is 0 Å². The first-order chi connectivity index (χ1) is 7.18. The highest BCUT2D eigenvalue weighted by atomic mass is 16.5. The zero-order chi connectivity index (χ0) is 10.7. The summed E-state index contributed by atoms with van der Waals surface area (Å²) in [6, 6.07) is 0. The van der Waals surface area contributed by atoms with E-state index in [1.54, 1.807) is 12.4 Å². The molecule has 1 aromatic heterocycles. The first-order valence-electron chi connectivity index (χ1n) is 4.81. The van der Waals surface area contributed by atoms with Gasteiger partial charge in [-0.15, -0.1) is 0 Å². The fourth-order valence-corrected chi connectivity index (χ4v) is 1.34. The Kier molecular flexibility index (Phi) is 2.70. The lowest BCUT2D eigenvalue weighted by atomic mass is 10.0. The zero-order valence-electron chi connectivity index (χ0n) is 8.54. The van der Waals surface area contributed by atoms with Gasteiger partial charge in [0.05, 0.1) is 17.5 Å². The van der Waals surface area contributed by atoms with Gasteiger partial charge in [-0.05, 0) is 6.92 Å². The van der Waals surface area contributed by atoms with Gasteiger partial charge in [0.2, 0.25) is 5.91 Å². The van der Waals surface area contributed by atoms with Crippen LogP contribution >= 0.6 is 0 Å². The normalized spacial score (nSPS) is 18.2. The Morgan fingerprint density at radius 1 is 1.73 bits per heavy atom. The van der Waals surface area contributed by atoms with Gasteiger partial charge >= 0.3 is 0 Å². The van der Waals surface area contributed by atoms with Crippen molar-refractivity contribution in [2.45, 2.75) is 12.5 Å². The summed E-state index contributed by atoms with van der Waals surface area (Å²) in [4.78, 5) is 11.4. The highest BCUT2D eigenvalue weighted by molar-refractivity contribution is 5.91. The lowest BCUT2D eigenvalue weighted by Crippen LogP contribution is -2.59. The van der Waals surface area contributed by atoms with Crippen LogP contribution in [0.25, 0.3) is 0 Å².